The summed E-state index contributed by atoms with van der Waals surface area (Å²) in [6.45, 7) is 0. The predicted octanol–water partition coefficient (Wildman–Crippen LogP) is 6.99. The zero-order valence-electron chi connectivity index (χ0n) is 20.5. The maximum Gasteiger partial charge on any atom is 0.344 e. The van der Waals surface area contributed by atoms with Crippen LogP contribution in [0.3, 0.4) is 0 Å². The minimum Gasteiger partial charge on any atom is -0.497 e. The molecule has 0 saturated heterocycles. The molecule has 6 heteroatoms. The van der Waals surface area contributed by atoms with Gasteiger partial charge in [-0.15, -0.1) is 0 Å². The van der Waals surface area contributed by atoms with E-state index in [0.29, 0.717) is 44.9 Å². The van der Waals surface area contributed by atoms with Gasteiger partial charge in [-0.3, -0.25) is 0 Å². The summed E-state index contributed by atoms with van der Waals surface area (Å²) in [5.74, 6) is 1.37. The molecule has 6 nitrogen and oxygen atoms in total. The molecule has 38 heavy (non-hydrogen) atoms. The fourth-order valence-electron chi connectivity index (χ4n) is 5.50. The number of rotatable bonds is 4. The average molecular weight is 501 g/mol. The largest absolute Gasteiger partial charge is 0.497 e. The second-order valence-electron chi connectivity index (χ2n) is 9.09. The molecule has 2 aromatic heterocycles. The third-order valence-corrected chi connectivity index (χ3v) is 7.16. The van der Waals surface area contributed by atoms with Crippen molar-refractivity contribution >= 4 is 43.5 Å². The third-order valence-electron chi connectivity index (χ3n) is 7.16. The van der Waals surface area contributed by atoms with Crippen LogP contribution in [0, 0.1) is 0 Å². The second kappa shape index (κ2) is 8.21. The zero-order chi connectivity index (χ0) is 26.0. The van der Waals surface area contributed by atoms with E-state index in [1.54, 1.807) is 26.4 Å². The number of fused-ring (bicyclic) bond motifs is 2. The van der Waals surface area contributed by atoms with E-state index in [0.717, 1.165) is 32.3 Å². The van der Waals surface area contributed by atoms with Crippen molar-refractivity contribution in [3.05, 3.63) is 106 Å². The molecule has 0 spiro atoms. The van der Waals surface area contributed by atoms with Gasteiger partial charge in [0.25, 0.3) is 0 Å². The quantitative estimate of drug-likeness (QED) is 0.147. The molecule has 0 atom stereocenters. The molecule has 0 saturated carbocycles. The summed E-state index contributed by atoms with van der Waals surface area (Å²) in [6, 6.07) is 25.8. The topological polar surface area (TPSA) is 78.9 Å². The molecular weight excluding hydrogens is 480 g/mol. The van der Waals surface area contributed by atoms with Gasteiger partial charge in [-0.2, -0.15) is 0 Å². The lowest BCUT2D eigenvalue weighted by molar-refractivity contribution is 0.415. The van der Waals surface area contributed by atoms with Crippen molar-refractivity contribution in [3.63, 3.8) is 0 Å². The zero-order valence-corrected chi connectivity index (χ0v) is 20.5. The lowest BCUT2D eigenvalue weighted by Gasteiger charge is -2.17. The first kappa shape index (κ1) is 22.1. The van der Waals surface area contributed by atoms with Crippen LogP contribution in [0.25, 0.3) is 65.7 Å². The average Bonchev–Trinajstić information content (AvgIpc) is 2.95. The van der Waals surface area contributed by atoms with Gasteiger partial charge in [0.1, 0.15) is 22.7 Å². The van der Waals surface area contributed by atoms with E-state index in [2.05, 4.69) is 0 Å². The minimum absolute atomic E-state index is 0.442. The van der Waals surface area contributed by atoms with Crippen LogP contribution in [-0.4, -0.2) is 14.2 Å². The van der Waals surface area contributed by atoms with Gasteiger partial charge in [0.05, 0.1) is 25.3 Å². The fraction of sp³-hybridized carbons (Fsp3) is 0.0625. The molecule has 0 aliphatic rings. The highest BCUT2D eigenvalue weighted by Gasteiger charge is 2.24. The Morgan fingerprint density at radius 3 is 1.26 bits per heavy atom. The lowest BCUT2D eigenvalue weighted by atomic mass is 9.87. The molecule has 0 fully saturated rings. The molecular formula is C32H20O6. The summed E-state index contributed by atoms with van der Waals surface area (Å²) in [5, 5.41) is 4.67. The highest BCUT2D eigenvalue weighted by Crippen LogP contribution is 2.45. The van der Waals surface area contributed by atoms with Crippen molar-refractivity contribution in [2.24, 2.45) is 0 Å². The summed E-state index contributed by atoms with van der Waals surface area (Å²) in [6.07, 6.45) is 0. The Hall–Kier alpha value is -5.10. The molecule has 0 unspecified atom stereocenters. The van der Waals surface area contributed by atoms with Gasteiger partial charge >= 0.3 is 11.3 Å². The van der Waals surface area contributed by atoms with Crippen LogP contribution in [0.5, 0.6) is 11.5 Å². The molecule has 7 aromatic rings. The molecule has 2 heterocycles. The Morgan fingerprint density at radius 2 is 0.895 bits per heavy atom. The lowest BCUT2D eigenvalue weighted by Crippen LogP contribution is -2.08. The molecule has 7 rings (SSSR count). The monoisotopic (exact) mass is 500 g/mol. The maximum atomic E-state index is 13.5. The Balaban J connectivity index is 1.73. The van der Waals surface area contributed by atoms with Crippen LogP contribution in [0.4, 0.5) is 0 Å². The molecule has 0 amide bonds. The first-order valence-corrected chi connectivity index (χ1v) is 12.1. The summed E-state index contributed by atoms with van der Waals surface area (Å²) < 4.78 is 22.4. The van der Waals surface area contributed by atoms with E-state index in [4.69, 9.17) is 18.3 Å². The third kappa shape index (κ3) is 3.07. The summed E-state index contributed by atoms with van der Waals surface area (Å²) in [5.41, 5.74) is 2.34. The molecule has 5 aromatic carbocycles. The van der Waals surface area contributed by atoms with E-state index in [1.165, 1.54) is 0 Å². The van der Waals surface area contributed by atoms with Crippen LogP contribution in [0.2, 0.25) is 0 Å². The van der Waals surface area contributed by atoms with Crippen molar-refractivity contribution < 1.29 is 18.3 Å². The van der Waals surface area contributed by atoms with Crippen molar-refractivity contribution in [3.8, 4) is 33.8 Å². The van der Waals surface area contributed by atoms with Gasteiger partial charge in [0.15, 0.2) is 0 Å². The van der Waals surface area contributed by atoms with Gasteiger partial charge in [-0.05, 0) is 58.3 Å². The molecule has 0 aliphatic heterocycles. The Bertz CT molecular complexity index is 1960. The molecule has 0 aliphatic carbocycles. The highest BCUT2D eigenvalue weighted by molar-refractivity contribution is 6.35. The summed E-state index contributed by atoms with van der Waals surface area (Å²) in [4.78, 5) is 26.9. The number of methoxy groups -OCH3 is 2. The predicted molar refractivity (Wildman–Crippen MR) is 149 cm³/mol. The molecule has 0 bridgehead atoms. The van der Waals surface area contributed by atoms with E-state index in [1.807, 2.05) is 72.8 Å². The second-order valence-corrected chi connectivity index (χ2v) is 9.09. The molecule has 0 N–H and O–H groups in total. The number of benzene rings is 5. The Kier molecular flexibility index (Phi) is 4.78. The number of hydrogen-bond acceptors (Lipinski definition) is 6. The normalized spacial score (nSPS) is 11.6. The van der Waals surface area contributed by atoms with Crippen LogP contribution in [0.15, 0.2) is 103 Å². The summed E-state index contributed by atoms with van der Waals surface area (Å²) >= 11 is 0. The minimum atomic E-state index is -0.442. The van der Waals surface area contributed by atoms with Gasteiger partial charge < -0.3 is 18.3 Å². The molecule has 0 radical (unpaired) electrons. The van der Waals surface area contributed by atoms with Crippen LogP contribution < -0.4 is 20.7 Å². The SMILES string of the molecule is COc1ccc(-c2c(=O)oc3cccc4c5c(-c6ccc(OC)cc6)c(=O)oc6cccc(c2c34)c65)cc1. The smallest absolute Gasteiger partial charge is 0.344 e. The standard InChI is InChI=1S/C32H20O6/c1-35-19-13-9-17(10-14-19)25-29-21-5-3-8-24-28(21)30(22-6-4-7-23(27(22)29)37-31(25)33)26(32(34)38-24)18-11-15-20(36-2)16-12-18/h3-16H,1-2H3. The number of ether oxygens (including phenoxy) is 2. The van der Waals surface area contributed by atoms with Crippen LogP contribution in [-0.2, 0) is 0 Å². The summed E-state index contributed by atoms with van der Waals surface area (Å²) in [7, 11) is 3.20. The first-order valence-electron chi connectivity index (χ1n) is 12.1. The van der Waals surface area contributed by atoms with Crippen LogP contribution >= 0.6 is 0 Å². The first-order chi connectivity index (χ1) is 18.6. The number of hydrogen-bond donors (Lipinski definition) is 0. The van der Waals surface area contributed by atoms with Crippen molar-refractivity contribution in [1.29, 1.82) is 0 Å². The van der Waals surface area contributed by atoms with E-state index in [-0.39, 0.29) is 0 Å². The van der Waals surface area contributed by atoms with Crippen molar-refractivity contribution in [1.82, 2.24) is 0 Å². The Morgan fingerprint density at radius 1 is 0.500 bits per heavy atom. The highest BCUT2D eigenvalue weighted by atomic mass is 16.5. The van der Waals surface area contributed by atoms with Gasteiger partial charge in [-0.25, -0.2) is 9.59 Å². The Labute approximate surface area is 215 Å². The van der Waals surface area contributed by atoms with Gasteiger partial charge in [0, 0.05) is 21.5 Å². The van der Waals surface area contributed by atoms with E-state index in [9.17, 15) is 9.59 Å². The van der Waals surface area contributed by atoms with Crippen molar-refractivity contribution in [2.75, 3.05) is 14.2 Å². The van der Waals surface area contributed by atoms with Crippen LogP contribution in [0.1, 0.15) is 0 Å². The van der Waals surface area contributed by atoms with Crippen molar-refractivity contribution in [2.45, 2.75) is 0 Å². The van der Waals surface area contributed by atoms with Gasteiger partial charge in [0.2, 0.25) is 0 Å². The molecule has 184 valence electrons. The van der Waals surface area contributed by atoms with Gasteiger partial charge in [-0.1, -0.05) is 48.5 Å². The fourth-order valence-corrected chi connectivity index (χ4v) is 5.50. The maximum absolute atomic E-state index is 13.5. The van der Waals surface area contributed by atoms with E-state index < -0.39 is 11.3 Å². The van der Waals surface area contributed by atoms with E-state index >= 15 is 0 Å².